The molecule has 2 nitrogen and oxygen atoms in total. The van der Waals surface area contributed by atoms with Gasteiger partial charge in [0, 0.05) is 34.9 Å². The summed E-state index contributed by atoms with van der Waals surface area (Å²) in [5.74, 6) is 0. The molecule has 0 bridgehead atoms. The van der Waals surface area contributed by atoms with Crippen LogP contribution in [0.15, 0.2) is 12.7 Å². The van der Waals surface area contributed by atoms with E-state index in [-0.39, 0.29) is 28.0 Å². The number of rotatable bonds is 5. The van der Waals surface area contributed by atoms with Crippen molar-refractivity contribution >= 4 is 0 Å². The summed E-state index contributed by atoms with van der Waals surface area (Å²) in [7, 11) is 0. The van der Waals surface area contributed by atoms with Crippen molar-refractivity contribution in [3.05, 3.63) is 12.7 Å². The van der Waals surface area contributed by atoms with Crippen LogP contribution in [0.5, 0.6) is 0 Å². The van der Waals surface area contributed by atoms with E-state index < -0.39 is 0 Å². The molecule has 0 unspecified atom stereocenters. The summed E-state index contributed by atoms with van der Waals surface area (Å²) >= 11 is 0. The van der Waals surface area contributed by atoms with Gasteiger partial charge in [0.25, 0.3) is 0 Å². The Kier molecular flexibility index (Phi) is 12.2. The number of hydrogen-bond acceptors (Lipinski definition) is 2. The van der Waals surface area contributed by atoms with Crippen molar-refractivity contribution in [3.8, 4) is 0 Å². The molecular weight excluding hydrogens is 164 g/mol. The summed E-state index contributed by atoms with van der Waals surface area (Å²) in [6.45, 7) is 8.73. The fraction of sp³-hybridized carbons (Fsp3) is 0.714. The zero-order chi connectivity index (χ0) is 7.11. The summed E-state index contributed by atoms with van der Waals surface area (Å²) in [6, 6.07) is 0. The van der Waals surface area contributed by atoms with Gasteiger partial charge in [0.05, 0.1) is 0 Å². The van der Waals surface area contributed by atoms with Crippen molar-refractivity contribution in [2.75, 3.05) is 13.2 Å². The predicted molar refractivity (Wildman–Crippen MR) is 37.2 cm³/mol. The van der Waals surface area contributed by atoms with Crippen LogP contribution in [-0.4, -0.2) is 19.5 Å². The molecule has 3 heteroatoms. The van der Waals surface area contributed by atoms with Gasteiger partial charge in [0.2, 0.25) is 0 Å². The van der Waals surface area contributed by atoms with Crippen LogP contribution >= 0.6 is 0 Å². The fourth-order valence-corrected chi connectivity index (χ4v) is 0.513. The number of ether oxygens (including phenoxy) is 2. The van der Waals surface area contributed by atoms with Gasteiger partial charge in [0.15, 0.2) is 6.29 Å². The van der Waals surface area contributed by atoms with Crippen molar-refractivity contribution in [2.45, 2.75) is 20.1 Å². The summed E-state index contributed by atoms with van der Waals surface area (Å²) in [5, 5.41) is 0. The molecule has 58 valence electrons. The van der Waals surface area contributed by atoms with E-state index in [1.807, 2.05) is 13.8 Å². The fourth-order valence-electron chi connectivity index (χ4n) is 0.513. The topological polar surface area (TPSA) is 18.5 Å². The Hall–Kier alpha value is 0.374. The van der Waals surface area contributed by atoms with E-state index in [9.17, 15) is 0 Å². The van der Waals surface area contributed by atoms with Gasteiger partial charge in [-0.1, -0.05) is 6.58 Å². The molecule has 0 N–H and O–H groups in total. The van der Waals surface area contributed by atoms with Crippen molar-refractivity contribution in [1.82, 2.24) is 0 Å². The maximum Gasteiger partial charge on any atom is 0.176 e. The van der Waals surface area contributed by atoms with Gasteiger partial charge < -0.3 is 9.47 Å². The van der Waals surface area contributed by atoms with E-state index in [1.165, 1.54) is 0 Å². The average molecular weight is 178 g/mol. The van der Waals surface area contributed by atoms with Gasteiger partial charge in [0.1, 0.15) is 0 Å². The molecule has 0 aromatic heterocycles. The molecule has 0 saturated carbocycles. The van der Waals surface area contributed by atoms with E-state index >= 15 is 0 Å². The molecule has 0 atom stereocenters. The zero-order valence-electron chi connectivity index (χ0n) is 6.59. The van der Waals surface area contributed by atoms with Gasteiger partial charge in [-0.05, 0) is 19.9 Å². The van der Waals surface area contributed by atoms with Crippen LogP contribution < -0.4 is 0 Å². The second kappa shape index (κ2) is 9.37. The molecule has 0 aliphatic carbocycles. The Balaban J connectivity index is 0. The standard InChI is InChI=1S/C7H14O2.Ti/c1-4-7(8-5-2)9-6-3;/h4,7H,1,5-6H2,2-3H3;. The molecule has 0 aliphatic heterocycles. The van der Waals surface area contributed by atoms with Crippen LogP contribution in [0.2, 0.25) is 0 Å². The Morgan fingerprint density at radius 1 is 1.30 bits per heavy atom. The monoisotopic (exact) mass is 178 g/mol. The van der Waals surface area contributed by atoms with Crippen molar-refractivity contribution in [1.29, 1.82) is 0 Å². The van der Waals surface area contributed by atoms with Gasteiger partial charge in [-0.25, -0.2) is 0 Å². The summed E-state index contributed by atoms with van der Waals surface area (Å²) < 4.78 is 10.2. The van der Waals surface area contributed by atoms with Crippen LogP contribution in [0.4, 0.5) is 0 Å². The summed E-state index contributed by atoms with van der Waals surface area (Å²) in [6.07, 6.45) is 1.42. The van der Waals surface area contributed by atoms with E-state index in [1.54, 1.807) is 6.08 Å². The van der Waals surface area contributed by atoms with Gasteiger partial charge >= 0.3 is 0 Å². The predicted octanol–water partition coefficient (Wildman–Crippen LogP) is 1.57. The maximum atomic E-state index is 5.09. The Labute approximate surface area is 77.5 Å². The third-order valence-corrected chi connectivity index (χ3v) is 0.854. The first kappa shape index (κ1) is 13.0. The summed E-state index contributed by atoms with van der Waals surface area (Å²) in [4.78, 5) is 0. The molecule has 0 aliphatic rings. The van der Waals surface area contributed by atoms with E-state index in [0.717, 1.165) is 0 Å². The first-order valence-corrected chi connectivity index (χ1v) is 3.20. The minimum Gasteiger partial charge on any atom is -0.349 e. The molecule has 0 aromatic carbocycles. The molecule has 0 radical (unpaired) electrons. The molecule has 0 aromatic rings. The quantitative estimate of drug-likeness (QED) is 0.361. The van der Waals surface area contributed by atoms with Crippen molar-refractivity contribution < 1.29 is 31.2 Å². The molecule has 0 saturated heterocycles. The molecule has 0 heterocycles. The molecule has 0 spiro atoms. The minimum absolute atomic E-state index is 0. The van der Waals surface area contributed by atoms with Crippen LogP contribution in [0, 0.1) is 0 Å². The molecule has 0 amide bonds. The van der Waals surface area contributed by atoms with Crippen molar-refractivity contribution in [3.63, 3.8) is 0 Å². The van der Waals surface area contributed by atoms with E-state index in [2.05, 4.69) is 6.58 Å². The maximum absolute atomic E-state index is 5.09. The average Bonchev–Trinajstić information content (AvgIpc) is 1.88. The van der Waals surface area contributed by atoms with Crippen LogP contribution in [0.25, 0.3) is 0 Å². The van der Waals surface area contributed by atoms with Gasteiger partial charge in [-0.15, -0.1) is 0 Å². The Morgan fingerprint density at radius 2 is 1.70 bits per heavy atom. The largest absolute Gasteiger partial charge is 0.349 e. The van der Waals surface area contributed by atoms with Crippen molar-refractivity contribution in [2.24, 2.45) is 0 Å². The SMILES string of the molecule is C=CC(OCC)OCC.[Ti]. The van der Waals surface area contributed by atoms with E-state index in [4.69, 9.17) is 9.47 Å². The Bertz CT molecular complexity index is 70.0. The normalized spacial score (nSPS) is 9.10. The first-order chi connectivity index (χ1) is 4.35. The minimum atomic E-state index is -0.222. The van der Waals surface area contributed by atoms with Gasteiger partial charge in [-0.3, -0.25) is 0 Å². The molecule has 0 fully saturated rings. The van der Waals surface area contributed by atoms with Crippen LogP contribution in [0.1, 0.15) is 13.8 Å². The van der Waals surface area contributed by atoms with Crippen LogP contribution in [0.3, 0.4) is 0 Å². The Morgan fingerprint density at radius 3 is 1.90 bits per heavy atom. The first-order valence-electron chi connectivity index (χ1n) is 3.20. The molecular formula is C7H14O2Ti. The number of hydrogen-bond donors (Lipinski definition) is 0. The molecule has 10 heavy (non-hydrogen) atoms. The third kappa shape index (κ3) is 6.49. The zero-order valence-corrected chi connectivity index (χ0v) is 8.15. The summed E-state index contributed by atoms with van der Waals surface area (Å²) in [5.41, 5.74) is 0. The van der Waals surface area contributed by atoms with E-state index in [0.29, 0.717) is 13.2 Å². The third-order valence-electron chi connectivity index (χ3n) is 0.854. The van der Waals surface area contributed by atoms with Crippen LogP contribution in [-0.2, 0) is 31.2 Å². The molecule has 0 rings (SSSR count). The van der Waals surface area contributed by atoms with Gasteiger partial charge in [-0.2, -0.15) is 0 Å². The smallest absolute Gasteiger partial charge is 0.176 e. The second-order valence-corrected chi connectivity index (χ2v) is 1.51. The second-order valence-electron chi connectivity index (χ2n) is 1.51.